The normalized spacial score (nSPS) is 27.0. The van der Waals surface area contributed by atoms with Gasteiger partial charge in [-0.2, -0.15) is 0 Å². The topological polar surface area (TPSA) is 46.3 Å². The van der Waals surface area contributed by atoms with Gasteiger partial charge in [-0.3, -0.25) is 4.79 Å². The molecule has 1 atom stereocenters. The van der Waals surface area contributed by atoms with E-state index >= 15 is 0 Å². The third-order valence-electron chi connectivity index (χ3n) is 5.28. The molecule has 1 aromatic carbocycles. The Morgan fingerprint density at radius 2 is 2.04 bits per heavy atom. The predicted octanol–water partition coefficient (Wildman–Crippen LogP) is 3.84. The minimum absolute atomic E-state index is 0.107. The Labute approximate surface area is 136 Å². The van der Waals surface area contributed by atoms with Crippen LogP contribution in [0.1, 0.15) is 54.7 Å². The maximum atomic E-state index is 12.9. The van der Waals surface area contributed by atoms with Crippen molar-refractivity contribution in [2.24, 2.45) is 5.92 Å². The van der Waals surface area contributed by atoms with E-state index in [1.807, 2.05) is 24.0 Å². The second-order valence-electron chi connectivity index (χ2n) is 6.83. The number of rotatable bonds is 3. The largest absolute Gasteiger partial charge is 0.361 e. The zero-order valence-electron chi connectivity index (χ0n) is 13.4. The van der Waals surface area contributed by atoms with Gasteiger partial charge >= 0.3 is 0 Å². The molecule has 4 rings (SSSR count). The molecule has 1 aromatic heterocycles. The van der Waals surface area contributed by atoms with Crippen molar-refractivity contribution in [1.29, 1.82) is 0 Å². The monoisotopic (exact) mass is 310 g/mol. The van der Waals surface area contributed by atoms with Gasteiger partial charge in [0.05, 0.1) is 6.04 Å². The molecule has 1 aliphatic heterocycles. The van der Waals surface area contributed by atoms with Crippen LogP contribution in [0.3, 0.4) is 0 Å². The summed E-state index contributed by atoms with van der Waals surface area (Å²) in [5.41, 5.74) is 2.27. The smallest absolute Gasteiger partial charge is 0.226 e. The molecule has 1 unspecified atom stereocenters. The Morgan fingerprint density at radius 1 is 1.26 bits per heavy atom. The Hall–Kier alpha value is -2.10. The Balaban J connectivity index is 1.42. The van der Waals surface area contributed by atoms with Gasteiger partial charge in [-0.05, 0) is 44.1 Å². The van der Waals surface area contributed by atoms with E-state index in [4.69, 9.17) is 4.52 Å². The van der Waals surface area contributed by atoms with Crippen molar-refractivity contribution in [2.45, 2.75) is 44.6 Å². The van der Waals surface area contributed by atoms with Crippen LogP contribution in [-0.4, -0.2) is 22.5 Å². The van der Waals surface area contributed by atoms with E-state index in [1.54, 1.807) is 0 Å². The first-order valence-electron chi connectivity index (χ1n) is 8.51. The summed E-state index contributed by atoms with van der Waals surface area (Å²) in [5.74, 6) is 1.83. The van der Waals surface area contributed by atoms with Crippen LogP contribution in [0, 0.1) is 12.8 Å². The van der Waals surface area contributed by atoms with Crippen molar-refractivity contribution in [2.75, 3.05) is 6.54 Å². The fourth-order valence-corrected chi connectivity index (χ4v) is 3.93. The SMILES string of the molecule is Cc1cc(C2CCCN2C(=O)C2CC(c3ccccc3)C2)no1. The van der Waals surface area contributed by atoms with Crippen molar-refractivity contribution in [1.82, 2.24) is 10.1 Å². The number of aryl methyl sites for hydroxylation is 1. The van der Waals surface area contributed by atoms with Gasteiger partial charge in [-0.15, -0.1) is 0 Å². The van der Waals surface area contributed by atoms with Crippen LogP contribution in [0.5, 0.6) is 0 Å². The molecular formula is C19H22N2O2. The number of carbonyl (C=O) groups is 1. The summed E-state index contributed by atoms with van der Waals surface area (Å²) in [5, 5.41) is 4.13. The maximum absolute atomic E-state index is 12.9. The highest BCUT2D eigenvalue weighted by molar-refractivity contribution is 5.80. The third-order valence-corrected chi connectivity index (χ3v) is 5.28. The molecule has 0 bridgehead atoms. The van der Waals surface area contributed by atoms with E-state index in [9.17, 15) is 4.79 Å². The summed E-state index contributed by atoms with van der Waals surface area (Å²) in [6.07, 6.45) is 4.00. The average Bonchev–Trinajstić information content (AvgIpc) is 3.15. The average molecular weight is 310 g/mol. The molecule has 0 N–H and O–H groups in total. The number of carbonyl (C=O) groups excluding carboxylic acids is 1. The van der Waals surface area contributed by atoms with Crippen LogP contribution >= 0.6 is 0 Å². The Kier molecular flexibility index (Phi) is 3.68. The van der Waals surface area contributed by atoms with E-state index in [0.717, 1.165) is 43.7 Å². The van der Waals surface area contributed by atoms with Crippen molar-refractivity contribution in [3.63, 3.8) is 0 Å². The summed E-state index contributed by atoms with van der Waals surface area (Å²) in [6, 6.07) is 12.6. The number of hydrogen-bond donors (Lipinski definition) is 0. The van der Waals surface area contributed by atoms with Crippen LogP contribution in [0.2, 0.25) is 0 Å². The minimum atomic E-state index is 0.107. The molecule has 4 heteroatoms. The van der Waals surface area contributed by atoms with E-state index in [1.165, 1.54) is 5.56 Å². The number of benzene rings is 1. The van der Waals surface area contributed by atoms with Gasteiger partial charge in [0.15, 0.2) is 0 Å². The lowest BCUT2D eigenvalue weighted by Crippen LogP contribution is -2.41. The summed E-state index contributed by atoms with van der Waals surface area (Å²) in [4.78, 5) is 14.9. The molecule has 2 aromatic rings. The lowest BCUT2D eigenvalue weighted by atomic mass is 9.71. The highest BCUT2D eigenvalue weighted by Crippen LogP contribution is 2.44. The lowest BCUT2D eigenvalue weighted by molar-refractivity contribution is -0.139. The molecule has 2 fully saturated rings. The minimum Gasteiger partial charge on any atom is -0.361 e. The number of likely N-dealkylation sites (tertiary alicyclic amines) is 1. The quantitative estimate of drug-likeness (QED) is 0.865. The number of nitrogens with zero attached hydrogens (tertiary/aromatic N) is 2. The maximum Gasteiger partial charge on any atom is 0.226 e. The van der Waals surface area contributed by atoms with Crippen molar-refractivity contribution >= 4 is 5.91 Å². The highest BCUT2D eigenvalue weighted by atomic mass is 16.5. The standard InChI is InChI=1S/C19H22N2O2/c1-13-10-17(20-23-13)18-8-5-9-21(18)19(22)16-11-15(12-16)14-6-3-2-4-7-14/h2-4,6-7,10,15-16,18H,5,8-9,11-12H2,1H3. The number of aromatic nitrogens is 1. The Morgan fingerprint density at radius 3 is 2.74 bits per heavy atom. The van der Waals surface area contributed by atoms with Gasteiger partial charge < -0.3 is 9.42 Å². The summed E-state index contributed by atoms with van der Waals surface area (Å²) in [6.45, 7) is 2.75. The van der Waals surface area contributed by atoms with Gasteiger partial charge in [0.2, 0.25) is 5.91 Å². The summed E-state index contributed by atoms with van der Waals surface area (Å²) in [7, 11) is 0. The van der Waals surface area contributed by atoms with Gasteiger partial charge in [0.1, 0.15) is 11.5 Å². The molecular weight excluding hydrogens is 288 g/mol. The van der Waals surface area contributed by atoms with Gasteiger partial charge in [-0.1, -0.05) is 35.5 Å². The molecule has 1 saturated carbocycles. The zero-order chi connectivity index (χ0) is 15.8. The molecule has 120 valence electrons. The first-order valence-corrected chi connectivity index (χ1v) is 8.51. The van der Waals surface area contributed by atoms with E-state index in [0.29, 0.717) is 11.8 Å². The second-order valence-corrected chi connectivity index (χ2v) is 6.83. The fourth-order valence-electron chi connectivity index (χ4n) is 3.93. The van der Waals surface area contributed by atoms with Gasteiger partial charge in [0, 0.05) is 18.5 Å². The van der Waals surface area contributed by atoms with Crippen LogP contribution in [0.4, 0.5) is 0 Å². The summed E-state index contributed by atoms with van der Waals surface area (Å²) >= 11 is 0. The molecule has 1 aliphatic carbocycles. The fraction of sp³-hybridized carbons (Fsp3) is 0.474. The highest BCUT2D eigenvalue weighted by Gasteiger charge is 2.41. The number of hydrogen-bond acceptors (Lipinski definition) is 3. The molecule has 2 heterocycles. The van der Waals surface area contributed by atoms with E-state index < -0.39 is 0 Å². The van der Waals surface area contributed by atoms with E-state index in [2.05, 4.69) is 29.4 Å². The summed E-state index contributed by atoms with van der Waals surface area (Å²) < 4.78 is 5.19. The van der Waals surface area contributed by atoms with Crippen molar-refractivity contribution in [3.8, 4) is 0 Å². The second kappa shape index (κ2) is 5.84. The van der Waals surface area contributed by atoms with Crippen molar-refractivity contribution < 1.29 is 9.32 Å². The number of amides is 1. The zero-order valence-corrected chi connectivity index (χ0v) is 13.4. The molecule has 2 aliphatic rings. The van der Waals surface area contributed by atoms with Crippen LogP contribution < -0.4 is 0 Å². The van der Waals surface area contributed by atoms with Crippen LogP contribution in [-0.2, 0) is 4.79 Å². The molecule has 0 radical (unpaired) electrons. The Bertz CT molecular complexity index is 688. The third kappa shape index (κ3) is 2.67. The molecule has 23 heavy (non-hydrogen) atoms. The van der Waals surface area contributed by atoms with Gasteiger partial charge in [-0.25, -0.2) is 0 Å². The predicted molar refractivity (Wildman–Crippen MR) is 86.8 cm³/mol. The molecule has 1 amide bonds. The first kappa shape index (κ1) is 14.5. The van der Waals surface area contributed by atoms with Crippen molar-refractivity contribution in [3.05, 3.63) is 53.4 Å². The first-order chi connectivity index (χ1) is 11.2. The van der Waals surface area contributed by atoms with Crippen LogP contribution in [0.15, 0.2) is 40.9 Å². The van der Waals surface area contributed by atoms with Crippen LogP contribution in [0.25, 0.3) is 0 Å². The molecule has 0 spiro atoms. The van der Waals surface area contributed by atoms with E-state index in [-0.39, 0.29) is 12.0 Å². The molecule has 1 saturated heterocycles. The lowest BCUT2D eigenvalue weighted by Gasteiger charge is -2.38. The van der Waals surface area contributed by atoms with Gasteiger partial charge in [0.25, 0.3) is 0 Å². The molecule has 4 nitrogen and oxygen atoms in total.